The first kappa shape index (κ1) is 32.9. The number of rotatable bonds is 4. The number of nitrogens with one attached hydrogen (secondary N) is 3. The number of aromatic amines is 3. The fourth-order valence-corrected chi connectivity index (χ4v) is 8.06. The molecule has 0 aliphatic carbocycles. The summed E-state index contributed by atoms with van der Waals surface area (Å²) in [5, 5.41) is 1.10. The van der Waals surface area contributed by atoms with Crippen LogP contribution >= 0.6 is 15.9 Å². The van der Waals surface area contributed by atoms with Gasteiger partial charge in [-0.2, -0.15) is 0 Å². The summed E-state index contributed by atoms with van der Waals surface area (Å²) >= 11 is 3.73. The second-order valence-electron chi connectivity index (χ2n) is 14.2. The van der Waals surface area contributed by atoms with Gasteiger partial charge in [0.15, 0.2) is 37.2 Å². The molecular formula is C46H36BrN8+3. The summed E-state index contributed by atoms with van der Waals surface area (Å²) < 4.78 is 7.16. The fourth-order valence-electron chi connectivity index (χ4n) is 7.70. The molecule has 0 atom stereocenters. The lowest BCUT2D eigenvalue weighted by atomic mass is 10.0. The SMILES string of the molecule is C[n+]1ccc(-c2c3nc(c(-c4cc[n+](C)cc4)c4ccc([nH]4)c(-c4c[nH]c5ccc(Br)cc45)c4nc(c(-c5cc[n+](C)cc5)c5ccc2[nH]5)C=C4)C=C3)cc1. The molecule has 0 unspecified atom stereocenters. The van der Waals surface area contributed by atoms with Crippen molar-refractivity contribution in [2.24, 2.45) is 21.1 Å². The summed E-state index contributed by atoms with van der Waals surface area (Å²) in [6.07, 6.45) is 23.1. The van der Waals surface area contributed by atoms with Crippen LogP contribution in [0.1, 0.15) is 22.8 Å². The minimum atomic E-state index is 0.869. The lowest BCUT2D eigenvalue weighted by Crippen LogP contribution is -2.25. The molecule has 0 fully saturated rings. The highest BCUT2D eigenvalue weighted by Gasteiger charge is 2.21. The van der Waals surface area contributed by atoms with E-state index in [-0.39, 0.29) is 0 Å². The number of benzene rings is 1. The van der Waals surface area contributed by atoms with E-state index in [0.29, 0.717) is 0 Å². The van der Waals surface area contributed by atoms with E-state index in [1.165, 1.54) is 0 Å². The van der Waals surface area contributed by atoms with E-state index < -0.39 is 0 Å². The van der Waals surface area contributed by atoms with Crippen molar-refractivity contribution in [2.45, 2.75) is 0 Å². The molecule has 8 bridgehead atoms. The third-order valence-electron chi connectivity index (χ3n) is 10.5. The number of H-pyrrole nitrogens is 3. The molecule has 10 rings (SSSR count). The number of pyridine rings is 3. The maximum atomic E-state index is 5.46. The Labute approximate surface area is 325 Å². The van der Waals surface area contributed by atoms with Crippen LogP contribution in [0.25, 0.3) is 102 Å². The molecule has 3 N–H and O–H groups in total. The Morgan fingerprint density at radius 1 is 0.455 bits per heavy atom. The molecule has 55 heavy (non-hydrogen) atoms. The van der Waals surface area contributed by atoms with Crippen molar-refractivity contribution in [3.05, 3.63) is 149 Å². The van der Waals surface area contributed by atoms with Crippen LogP contribution in [0.5, 0.6) is 0 Å². The van der Waals surface area contributed by atoms with Crippen molar-refractivity contribution in [2.75, 3.05) is 0 Å². The van der Waals surface area contributed by atoms with E-state index in [2.05, 4.69) is 177 Å². The summed E-state index contributed by atoms with van der Waals surface area (Å²) in [7, 11) is 6.11. The molecule has 9 heterocycles. The average molecular weight is 781 g/mol. The highest BCUT2D eigenvalue weighted by Crippen LogP contribution is 2.40. The Morgan fingerprint density at radius 3 is 1.24 bits per heavy atom. The van der Waals surface area contributed by atoms with E-state index >= 15 is 0 Å². The molecule has 0 amide bonds. The number of aryl methyl sites for hydroxylation is 3. The summed E-state index contributed by atoms with van der Waals surface area (Å²) in [5.74, 6) is 0. The Morgan fingerprint density at radius 2 is 0.818 bits per heavy atom. The van der Waals surface area contributed by atoms with Crippen LogP contribution in [-0.4, -0.2) is 24.9 Å². The Kier molecular flexibility index (Phi) is 7.78. The molecule has 1 aromatic carbocycles. The monoisotopic (exact) mass is 779 g/mol. The fraction of sp³-hybridized carbons (Fsp3) is 0.0652. The zero-order valence-electron chi connectivity index (χ0n) is 30.5. The first-order valence-electron chi connectivity index (χ1n) is 18.2. The first-order chi connectivity index (χ1) is 26.9. The minimum Gasteiger partial charge on any atom is -0.361 e. The molecule has 0 saturated carbocycles. The van der Waals surface area contributed by atoms with Crippen molar-refractivity contribution in [3.8, 4) is 44.5 Å². The third-order valence-corrected chi connectivity index (χ3v) is 11.0. The van der Waals surface area contributed by atoms with Crippen LogP contribution in [-0.2, 0) is 21.1 Å². The molecule has 8 nitrogen and oxygen atoms in total. The molecule has 0 radical (unpaired) electrons. The van der Waals surface area contributed by atoms with Gasteiger partial charge in [0.25, 0.3) is 0 Å². The molecule has 2 aliphatic rings. The highest BCUT2D eigenvalue weighted by atomic mass is 79.9. The van der Waals surface area contributed by atoms with Crippen LogP contribution in [0, 0.1) is 0 Å². The van der Waals surface area contributed by atoms with Crippen molar-refractivity contribution < 1.29 is 13.7 Å². The lowest BCUT2D eigenvalue weighted by molar-refractivity contribution is -0.671. The summed E-state index contributed by atoms with van der Waals surface area (Å²) in [4.78, 5) is 22.1. The van der Waals surface area contributed by atoms with Gasteiger partial charge >= 0.3 is 0 Å². The van der Waals surface area contributed by atoms with Gasteiger partial charge < -0.3 is 15.0 Å². The zero-order chi connectivity index (χ0) is 37.2. The van der Waals surface area contributed by atoms with Crippen molar-refractivity contribution in [1.29, 1.82) is 0 Å². The molecule has 264 valence electrons. The maximum Gasteiger partial charge on any atom is 0.169 e. The summed E-state index contributed by atoms with van der Waals surface area (Å²) in [6.45, 7) is 0. The molecule has 7 aromatic heterocycles. The van der Waals surface area contributed by atoms with Crippen molar-refractivity contribution in [1.82, 2.24) is 24.9 Å². The molecule has 0 saturated heterocycles. The number of nitrogens with zero attached hydrogens (tertiary/aromatic N) is 5. The van der Waals surface area contributed by atoms with E-state index in [9.17, 15) is 0 Å². The maximum absolute atomic E-state index is 5.46. The first-order valence-corrected chi connectivity index (χ1v) is 19.0. The molecule has 0 spiro atoms. The van der Waals surface area contributed by atoms with Gasteiger partial charge in [0.2, 0.25) is 0 Å². The summed E-state index contributed by atoms with van der Waals surface area (Å²) in [6, 6.07) is 27.9. The topological polar surface area (TPSA) is 84.8 Å². The predicted octanol–water partition coefficient (Wildman–Crippen LogP) is 9.04. The van der Waals surface area contributed by atoms with E-state index in [1.807, 2.05) is 34.8 Å². The smallest absolute Gasteiger partial charge is 0.169 e. The Bertz CT molecular complexity index is 3010. The van der Waals surface area contributed by atoms with Gasteiger partial charge in [-0.05, 0) is 83.5 Å². The molecule has 9 heteroatoms. The van der Waals surface area contributed by atoms with Crippen molar-refractivity contribution in [3.63, 3.8) is 0 Å². The van der Waals surface area contributed by atoms with Gasteiger partial charge in [-0.1, -0.05) is 15.9 Å². The zero-order valence-corrected chi connectivity index (χ0v) is 32.1. The molecular weight excluding hydrogens is 744 g/mol. The number of hydrogen-bond acceptors (Lipinski definition) is 2. The number of aromatic nitrogens is 8. The predicted molar refractivity (Wildman–Crippen MR) is 224 cm³/mol. The van der Waals surface area contributed by atoms with E-state index in [1.54, 1.807) is 0 Å². The van der Waals surface area contributed by atoms with Gasteiger partial charge in [0.05, 0.1) is 22.8 Å². The minimum absolute atomic E-state index is 0.869. The molecule has 8 aromatic rings. The quantitative estimate of drug-likeness (QED) is 0.156. The second kappa shape index (κ2) is 13.0. The van der Waals surface area contributed by atoms with Crippen molar-refractivity contribution >= 4 is 73.2 Å². The standard InChI is InChI=1S/C46H35BrN8/c1-53-20-14-28(15-21-53)43-35-6-8-37(49-35)44(29-16-22-54(2)23-17-29)39-10-12-41(51-39)46(33-27-48-34-5-4-31(47)26-32(33)34)42-13-11-40(52-42)45(38-9-7-36(43)50-38)30-18-24-55(3)25-19-30/h4-27H,1-3H3,(H2,48,49,50,51,52)/q+2/p+1. The van der Waals surface area contributed by atoms with E-state index in [4.69, 9.17) is 9.97 Å². The van der Waals surface area contributed by atoms with Gasteiger partial charge in [0.1, 0.15) is 21.1 Å². The number of halogens is 1. The van der Waals surface area contributed by atoms with Gasteiger partial charge in [-0.3, -0.25) is 0 Å². The number of hydrogen-bond donors (Lipinski definition) is 3. The highest BCUT2D eigenvalue weighted by molar-refractivity contribution is 9.10. The Balaban J connectivity index is 1.39. The average Bonchev–Trinajstić information content (AvgIpc) is 4.05. The van der Waals surface area contributed by atoms with Crippen LogP contribution in [0.15, 0.2) is 127 Å². The largest absolute Gasteiger partial charge is 0.361 e. The van der Waals surface area contributed by atoms with Gasteiger partial charge in [0, 0.05) is 108 Å². The van der Waals surface area contributed by atoms with Crippen LogP contribution < -0.4 is 13.7 Å². The second-order valence-corrected chi connectivity index (χ2v) is 15.1. The van der Waals surface area contributed by atoms with Crippen LogP contribution in [0.4, 0.5) is 0 Å². The van der Waals surface area contributed by atoms with Crippen LogP contribution in [0.3, 0.4) is 0 Å². The lowest BCUT2D eigenvalue weighted by Gasteiger charge is -2.06. The molecule has 2 aliphatic heterocycles. The number of fused-ring (bicyclic) bond motifs is 9. The third kappa shape index (κ3) is 5.80. The van der Waals surface area contributed by atoms with Gasteiger partial charge in [-0.25, -0.2) is 23.7 Å². The summed E-state index contributed by atoms with van der Waals surface area (Å²) in [5.41, 5.74) is 16.7. The Hall–Kier alpha value is -6.71. The normalized spacial score (nSPS) is 12.2. The van der Waals surface area contributed by atoms with Crippen LogP contribution in [0.2, 0.25) is 0 Å². The van der Waals surface area contributed by atoms with Gasteiger partial charge in [-0.15, -0.1) is 0 Å². The van der Waals surface area contributed by atoms with E-state index in [0.717, 1.165) is 105 Å².